The number of amides is 2. The summed E-state index contributed by atoms with van der Waals surface area (Å²) < 4.78 is 22.5. The Morgan fingerprint density at radius 2 is 1.73 bits per heavy atom. The summed E-state index contributed by atoms with van der Waals surface area (Å²) in [5.74, 6) is 1.69. The molecule has 1 fully saturated rings. The van der Waals surface area contributed by atoms with Gasteiger partial charge in [0.25, 0.3) is 5.91 Å². The first-order valence-electron chi connectivity index (χ1n) is 16.4. The fraction of sp³-hybridized carbons (Fsp3) is 0.600. The van der Waals surface area contributed by atoms with Gasteiger partial charge in [-0.3, -0.25) is 4.79 Å². The maximum Gasteiger partial charge on any atom is 0.409 e. The van der Waals surface area contributed by atoms with Crippen molar-refractivity contribution in [2.24, 2.45) is 11.8 Å². The molecule has 0 aromatic heterocycles. The number of carbonyl (C=O) groups is 2. The van der Waals surface area contributed by atoms with Crippen LogP contribution in [0.2, 0.25) is 0 Å². The maximum absolute atomic E-state index is 14.0. The second-order valence-electron chi connectivity index (χ2n) is 12.8. The molecule has 1 saturated heterocycles. The van der Waals surface area contributed by atoms with E-state index in [-0.39, 0.29) is 30.0 Å². The molecule has 2 unspecified atom stereocenters. The van der Waals surface area contributed by atoms with Gasteiger partial charge in [0.1, 0.15) is 0 Å². The minimum absolute atomic E-state index is 0.0186. The van der Waals surface area contributed by atoms with E-state index in [1.807, 2.05) is 41.8 Å². The van der Waals surface area contributed by atoms with E-state index in [0.717, 1.165) is 38.8 Å². The van der Waals surface area contributed by atoms with Gasteiger partial charge >= 0.3 is 6.09 Å². The van der Waals surface area contributed by atoms with Crippen molar-refractivity contribution in [2.45, 2.75) is 65.5 Å². The van der Waals surface area contributed by atoms with Crippen LogP contribution in [0.5, 0.6) is 11.5 Å². The molecule has 0 radical (unpaired) electrons. The number of benzene rings is 2. The quantitative estimate of drug-likeness (QED) is 0.183. The lowest BCUT2D eigenvalue weighted by Gasteiger charge is -2.43. The molecule has 0 spiro atoms. The Bertz CT molecular complexity index is 1180. The SMILES string of the molecule is BN1CC(COC(=O)N(CCc2ccccc2)CCC(C)C)CC(N(C(=O)c2ccc(OC)c(OCCCOC)c2)C(C)C)C1. The zero-order valence-corrected chi connectivity index (χ0v) is 28.5. The van der Waals surface area contributed by atoms with Crippen LogP contribution >= 0.6 is 0 Å². The molecule has 0 saturated carbocycles. The fourth-order valence-corrected chi connectivity index (χ4v) is 5.91. The first kappa shape index (κ1) is 36.2. The second kappa shape index (κ2) is 18.7. The molecular weight excluding hydrogens is 569 g/mol. The Balaban J connectivity index is 1.67. The molecule has 3 rings (SSSR count). The van der Waals surface area contributed by atoms with Crippen LogP contribution < -0.4 is 9.47 Å². The fourth-order valence-electron chi connectivity index (χ4n) is 5.91. The second-order valence-corrected chi connectivity index (χ2v) is 12.8. The van der Waals surface area contributed by atoms with Gasteiger partial charge in [-0.2, -0.15) is 0 Å². The smallest absolute Gasteiger partial charge is 0.409 e. The van der Waals surface area contributed by atoms with Gasteiger partial charge in [0.2, 0.25) is 0 Å². The van der Waals surface area contributed by atoms with Crippen LogP contribution in [0, 0.1) is 11.8 Å². The molecular formula is C35H54BN3O6. The van der Waals surface area contributed by atoms with E-state index in [4.69, 9.17) is 18.9 Å². The molecule has 9 nitrogen and oxygen atoms in total. The molecule has 2 aromatic rings. The van der Waals surface area contributed by atoms with Crippen molar-refractivity contribution in [3.05, 3.63) is 59.7 Å². The van der Waals surface area contributed by atoms with Crippen LogP contribution in [0.15, 0.2) is 48.5 Å². The molecule has 2 atom stereocenters. The molecule has 248 valence electrons. The largest absolute Gasteiger partial charge is 0.493 e. The van der Waals surface area contributed by atoms with Crippen LogP contribution in [-0.2, 0) is 15.9 Å². The van der Waals surface area contributed by atoms with Crippen molar-refractivity contribution in [3.63, 3.8) is 0 Å². The maximum atomic E-state index is 14.0. The molecule has 1 aliphatic heterocycles. The first-order valence-corrected chi connectivity index (χ1v) is 16.4. The Morgan fingerprint density at radius 3 is 2.40 bits per heavy atom. The lowest BCUT2D eigenvalue weighted by molar-refractivity contribution is 0.0328. The molecule has 2 aromatic carbocycles. The topological polar surface area (TPSA) is 80.8 Å². The van der Waals surface area contributed by atoms with Gasteiger partial charge in [-0.05, 0) is 69.3 Å². The summed E-state index contributed by atoms with van der Waals surface area (Å²) in [6.07, 6.45) is 2.95. The minimum Gasteiger partial charge on any atom is -0.493 e. The third kappa shape index (κ3) is 11.6. The predicted molar refractivity (Wildman–Crippen MR) is 181 cm³/mol. The van der Waals surface area contributed by atoms with E-state index in [0.29, 0.717) is 55.9 Å². The first-order chi connectivity index (χ1) is 21.6. The number of piperidine rings is 1. The molecule has 2 amide bonds. The van der Waals surface area contributed by atoms with Gasteiger partial charge < -0.3 is 33.6 Å². The number of methoxy groups -OCH3 is 2. The van der Waals surface area contributed by atoms with Gasteiger partial charge in [-0.15, -0.1) is 0 Å². The summed E-state index contributed by atoms with van der Waals surface area (Å²) in [7, 11) is 5.32. The summed E-state index contributed by atoms with van der Waals surface area (Å²) >= 11 is 0. The molecule has 0 aliphatic carbocycles. The lowest BCUT2D eigenvalue weighted by atomic mass is 9.90. The average Bonchev–Trinajstić information content (AvgIpc) is 3.02. The average molecular weight is 624 g/mol. The standard InChI is InChI=1S/C35H54BN3O6/c1-26(2)15-17-37(18-16-28-11-8-7-9-12-28)35(41)45-25-29-21-31(24-38(36)23-29)39(27(3)4)34(40)30-13-14-32(43-6)33(22-30)44-20-10-19-42-5/h7-9,11-14,22,26-27,29,31H,10,15-21,23-25,36H2,1-6H3. The van der Waals surface area contributed by atoms with Crippen LogP contribution in [0.1, 0.15) is 62.9 Å². The van der Waals surface area contributed by atoms with E-state index in [9.17, 15) is 9.59 Å². The number of ether oxygens (including phenoxy) is 4. The summed E-state index contributed by atoms with van der Waals surface area (Å²) in [5, 5.41) is 0. The zero-order valence-electron chi connectivity index (χ0n) is 28.5. The normalized spacial score (nSPS) is 16.9. The minimum atomic E-state index is -0.260. The van der Waals surface area contributed by atoms with E-state index < -0.39 is 0 Å². The zero-order chi connectivity index (χ0) is 32.8. The predicted octanol–water partition coefficient (Wildman–Crippen LogP) is 4.93. The highest BCUT2D eigenvalue weighted by Gasteiger charge is 2.34. The summed E-state index contributed by atoms with van der Waals surface area (Å²) in [4.78, 5) is 33.4. The van der Waals surface area contributed by atoms with Crippen molar-refractivity contribution in [1.82, 2.24) is 14.6 Å². The van der Waals surface area contributed by atoms with Gasteiger partial charge in [0, 0.05) is 63.3 Å². The van der Waals surface area contributed by atoms with Crippen molar-refractivity contribution in [2.75, 3.05) is 60.2 Å². The highest BCUT2D eigenvalue weighted by atomic mass is 16.6. The number of hydrogen-bond donors (Lipinski definition) is 0. The molecule has 1 aliphatic rings. The third-order valence-electron chi connectivity index (χ3n) is 8.23. The Morgan fingerprint density at radius 1 is 0.978 bits per heavy atom. The number of carbonyl (C=O) groups excluding carboxylic acids is 2. The Hall–Kier alpha value is -3.24. The summed E-state index contributed by atoms with van der Waals surface area (Å²) in [6.45, 7) is 12.7. The van der Waals surface area contributed by atoms with Gasteiger partial charge in [-0.25, -0.2) is 4.79 Å². The van der Waals surface area contributed by atoms with Crippen LogP contribution in [0.4, 0.5) is 4.79 Å². The van der Waals surface area contributed by atoms with E-state index in [1.54, 1.807) is 32.4 Å². The monoisotopic (exact) mass is 623 g/mol. The highest BCUT2D eigenvalue weighted by Crippen LogP contribution is 2.30. The highest BCUT2D eigenvalue weighted by molar-refractivity contribution is 6.04. The molecule has 0 N–H and O–H groups in total. The summed E-state index contributed by atoms with van der Waals surface area (Å²) in [5.41, 5.74) is 1.76. The van der Waals surface area contributed by atoms with E-state index in [1.165, 1.54) is 5.56 Å². The molecule has 45 heavy (non-hydrogen) atoms. The van der Waals surface area contributed by atoms with E-state index in [2.05, 4.69) is 38.8 Å². The molecule has 0 bridgehead atoms. The number of nitrogens with zero attached hydrogens (tertiary/aromatic N) is 3. The lowest BCUT2D eigenvalue weighted by Crippen LogP contribution is -2.55. The van der Waals surface area contributed by atoms with E-state index >= 15 is 0 Å². The van der Waals surface area contributed by atoms with Gasteiger partial charge in [0.15, 0.2) is 19.5 Å². The summed E-state index contributed by atoms with van der Waals surface area (Å²) in [6, 6.07) is 15.6. The molecule has 10 heteroatoms. The van der Waals surface area contributed by atoms with Crippen LogP contribution in [0.25, 0.3) is 0 Å². The Kier molecular flexibility index (Phi) is 15.0. The van der Waals surface area contributed by atoms with Gasteiger partial charge in [0.05, 0.1) is 20.3 Å². The van der Waals surface area contributed by atoms with Crippen molar-refractivity contribution in [1.29, 1.82) is 0 Å². The number of rotatable bonds is 17. The van der Waals surface area contributed by atoms with Crippen molar-refractivity contribution >= 4 is 20.0 Å². The number of hydrogen-bond acceptors (Lipinski definition) is 7. The Labute approximate surface area is 271 Å². The molecule has 1 heterocycles. The van der Waals surface area contributed by atoms with Crippen molar-refractivity contribution < 1.29 is 28.5 Å². The third-order valence-corrected chi connectivity index (χ3v) is 8.23. The van der Waals surface area contributed by atoms with Gasteiger partial charge in [-0.1, -0.05) is 44.2 Å². The van der Waals surface area contributed by atoms with Crippen molar-refractivity contribution in [3.8, 4) is 11.5 Å². The van der Waals surface area contributed by atoms with Crippen LogP contribution in [-0.4, -0.2) is 107 Å². The van der Waals surface area contributed by atoms with Crippen LogP contribution in [0.3, 0.4) is 0 Å².